The second-order valence-electron chi connectivity index (χ2n) is 4.76. The van der Waals surface area contributed by atoms with Crippen molar-refractivity contribution >= 4 is 22.9 Å². The third-order valence-corrected chi connectivity index (χ3v) is 3.30. The zero-order chi connectivity index (χ0) is 14.3. The molecular formula is C15H15N3O2. The lowest BCUT2D eigenvalue weighted by Crippen LogP contribution is -2.15. The molecule has 20 heavy (non-hydrogen) atoms. The van der Waals surface area contributed by atoms with Crippen LogP contribution in [0.4, 0.5) is 5.95 Å². The van der Waals surface area contributed by atoms with Crippen molar-refractivity contribution in [1.29, 1.82) is 0 Å². The molecule has 3 aromatic rings. The summed E-state index contributed by atoms with van der Waals surface area (Å²) >= 11 is 0. The number of hydrogen-bond donors (Lipinski definition) is 1. The van der Waals surface area contributed by atoms with E-state index in [9.17, 15) is 4.79 Å². The van der Waals surface area contributed by atoms with Crippen LogP contribution in [0.1, 0.15) is 21.9 Å². The van der Waals surface area contributed by atoms with E-state index in [0.29, 0.717) is 17.3 Å². The lowest BCUT2D eigenvalue weighted by atomic mass is 10.2. The fourth-order valence-corrected chi connectivity index (χ4v) is 2.28. The number of rotatable bonds is 2. The van der Waals surface area contributed by atoms with Crippen molar-refractivity contribution < 1.29 is 9.21 Å². The molecule has 2 aromatic heterocycles. The van der Waals surface area contributed by atoms with Gasteiger partial charge in [0.05, 0.1) is 16.6 Å². The third-order valence-electron chi connectivity index (χ3n) is 3.30. The number of amides is 1. The van der Waals surface area contributed by atoms with Crippen LogP contribution >= 0.6 is 0 Å². The predicted octanol–water partition coefficient (Wildman–Crippen LogP) is 3.04. The van der Waals surface area contributed by atoms with Crippen molar-refractivity contribution in [3.63, 3.8) is 0 Å². The summed E-state index contributed by atoms with van der Waals surface area (Å²) in [5, 5.41) is 2.82. The first kappa shape index (κ1) is 12.5. The second-order valence-corrected chi connectivity index (χ2v) is 4.76. The Morgan fingerprint density at radius 2 is 2.05 bits per heavy atom. The van der Waals surface area contributed by atoms with Gasteiger partial charge >= 0.3 is 0 Å². The minimum absolute atomic E-state index is 0.210. The summed E-state index contributed by atoms with van der Waals surface area (Å²) in [6.45, 7) is 3.59. The summed E-state index contributed by atoms with van der Waals surface area (Å²) in [6, 6.07) is 9.47. The molecule has 1 amide bonds. The number of nitrogens with zero attached hydrogens (tertiary/aromatic N) is 2. The number of carbonyl (C=O) groups is 1. The summed E-state index contributed by atoms with van der Waals surface area (Å²) in [6.07, 6.45) is 0. The minimum Gasteiger partial charge on any atom is -0.466 e. The Morgan fingerprint density at radius 3 is 2.70 bits per heavy atom. The summed E-state index contributed by atoms with van der Waals surface area (Å²) < 4.78 is 7.23. The van der Waals surface area contributed by atoms with Crippen LogP contribution in [0.15, 0.2) is 34.7 Å². The van der Waals surface area contributed by atoms with Crippen molar-refractivity contribution in [3.8, 4) is 0 Å². The molecule has 2 heterocycles. The van der Waals surface area contributed by atoms with E-state index in [1.54, 1.807) is 13.0 Å². The molecule has 5 nitrogen and oxygen atoms in total. The number of carbonyl (C=O) groups excluding carboxylic acids is 1. The number of hydrogen-bond acceptors (Lipinski definition) is 3. The van der Waals surface area contributed by atoms with Gasteiger partial charge in [-0.25, -0.2) is 4.98 Å². The second kappa shape index (κ2) is 4.52. The smallest absolute Gasteiger partial charge is 0.261 e. The molecule has 102 valence electrons. The van der Waals surface area contributed by atoms with Gasteiger partial charge in [0.25, 0.3) is 5.91 Å². The Hall–Kier alpha value is -2.56. The quantitative estimate of drug-likeness (QED) is 0.777. The van der Waals surface area contributed by atoms with Crippen LogP contribution in [-0.4, -0.2) is 15.5 Å². The number of nitrogens with one attached hydrogen (secondary N) is 1. The van der Waals surface area contributed by atoms with Gasteiger partial charge in [0.15, 0.2) is 0 Å². The fourth-order valence-electron chi connectivity index (χ4n) is 2.28. The molecule has 0 atom stereocenters. The first-order valence-electron chi connectivity index (χ1n) is 6.36. The van der Waals surface area contributed by atoms with E-state index in [0.717, 1.165) is 16.8 Å². The van der Waals surface area contributed by atoms with Crippen molar-refractivity contribution in [2.24, 2.45) is 7.05 Å². The van der Waals surface area contributed by atoms with Gasteiger partial charge in [0, 0.05) is 7.05 Å². The largest absolute Gasteiger partial charge is 0.466 e. The predicted molar refractivity (Wildman–Crippen MR) is 76.8 cm³/mol. The van der Waals surface area contributed by atoms with Crippen LogP contribution in [0.25, 0.3) is 11.0 Å². The average molecular weight is 269 g/mol. The molecule has 0 saturated heterocycles. The number of aromatic nitrogens is 2. The molecule has 0 radical (unpaired) electrons. The van der Waals surface area contributed by atoms with Crippen molar-refractivity contribution in [1.82, 2.24) is 9.55 Å². The highest BCUT2D eigenvalue weighted by molar-refractivity contribution is 6.04. The van der Waals surface area contributed by atoms with Crippen LogP contribution in [0, 0.1) is 13.8 Å². The third kappa shape index (κ3) is 1.97. The molecule has 5 heteroatoms. The molecule has 1 aromatic carbocycles. The molecular weight excluding hydrogens is 254 g/mol. The van der Waals surface area contributed by atoms with Crippen LogP contribution in [-0.2, 0) is 7.05 Å². The van der Waals surface area contributed by atoms with Gasteiger partial charge in [-0.1, -0.05) is 12.1 Å². The molecule has 0 unspecified atom stereocenters. The highest BCUT2D eigenvalue weighted by Gasteiger charge is 2.16. The van der Waals surface area contributed by atoms with E-state index in [4.69, 9.17) is 4.42 Å². The number of anilines is 1. The lowest BCUT2D eigenvalue weighted by Gasteiger charge is -2.04. The van der Waals surface area contributed by atoms with E-state index < -0.39 is 0 Å². The van der Waals surface area contributed by atoms with Gasteiger partial charge in [0.2, 0.25) is 5.95 Å². The zero-order valence-corrected chi connectivity index (χ0v) is 11.6. The van der Waals surface area contributed by atoms with E-state index in [-0.39, 0.29) is 5.91 Å². The van der Waals surface area contributed by atoms with Gasteiger partial charge in [0.1, 0.15) is 11.5 Å². The molecule has 0 fully saturated rings. The fraction of sp³-hybridized carbons (Fsp3) is 0.200. The normalized spacial score (nSPS) is 10.9. The van der Waals surface area contributed by atoms with Gasteiger partial charge < -0.3 is 8.98 Å². The monoisotopic (exact) mass is 269 g/mol. The molecule has 0 aliphatic heterocycles. The Labute approximate surface area is 116 Å². The maximum atomic E-state index is 12.3. The first-order chi connectivity index (χ1) is 9.56. The van der Waals surface area contributed by atoms with E-state index in [1.807, 2.05) is 42.8 Å². The van der Waals surface area contributed by atoms with E-state index in [2.05, 4.69) is 10.3 Å². The summed E-state index contributed by atoms with van der Waals surface area (Å²) in [5.74, 6) is 1.64. The number of para-hydroxylation sites is 2. The molecule has 3 rings (SSSR count). The number of fused-ring (bicyclic) bond motifs is 1. The Balaban J connectivity index is 1.95. The molecule has 0 aliphatic rings. The summed E-state index contributed by atoms with van der Waals surface area (Å²) in [4.78, 5) is 16.7. The summed E-state index contributed by atoms with van der Waals surface area (Å²) in [7, 11) is 1.87. The van der Waals surface area contributed by atoms with Crippen LogP contribution in [0.5, 0.6) is 0 Å². The Kier molecular flexibility index (Phi) is 2.82. The number of furan rings is 1. The van der Waals surface area contributed by atoms with E-state index in [1.165, 1.54) is 0 Å². The van der Waals surface area contributed by atoms with Gasteiger partial charge in [-0.15, -0.1) is 0 Å². The van der Waals surface area contributed by atoms with Crippen LogP contribution in [0.3, 0.4) is 0 Å². The van der Waals surface area contributed by atoms with Gasteiger partial charge in [-0.05, 0) is 32.0 Å². The van der Waals surface area contributed by atoms with Gasteiger partial charge in [-0.2, -0.15) is 0 Å². The Bertz CT molecular complexity index is 799. The highest BCUT2D eigenvalue weighted by Crippen LogP contribution is 2.19. The van der Waals surface area contributed by atoms with Gasteiger partial charge in [-0.3, -0.25) is 10.1 Å². The first-order valence-corrected chi connectivity index (χ1v) is 6.36. The van der Waals surface area contributed by atoms with Crippen molar-refractivity contribution in [3.05, 3.63) is 47.4 Å². The molecule has 0 bridgehead atoms. The number of imidazole rings is 1. The topological polar surface area (TPSA) is 60.1 Å². The summed E-state index contributed by atoms with van der Waals surface area (Å²) in [5.41, 5.74) is 2.36. The maximum Gasteiger partial charge on any atom is 0.261 e. The SMILES string of the molecule is Cc1cc(C(=O)Nc2nc3ccccc3n2C)c(C)o1. The van der Waals surface area contributed by atoms with Crippen LogP contribution in [0.2, 0.25) is 0 Å². The van der Waals surface area contributed by atoms with Crippen molar-refractivity contribution in [2.45, 2.75) is 13.8 Å². The molecule has 0 saturated carbocycles. The molecule has 1 N–H and O–H groups in total. The van der Waals surface area contributed by atoms with Crippen molar-refractivity contribution in [2.75, 3.05) is 5.32 Å². The lowest BCUT2D eigenvalue weighted by molar-refractivity contribution is 0.102. The van der Waals surface area contributed by atoms with Crippen LogP contribution < -0.4 is 5.32 Å². The number of aryl methyl sites for hydroxylation is 3. The standard InChI is InChI=1S/C15H15N3O2/c1-9-8-11(10(2)20-9)14(19)17-15-16-12-6-4-5-7-13(12)18(15)3/h4-8H,1-3H3,(H,16,17,19). The molecule has 0 aliphatic carbocycles. The number of benzene rings is 1. The molecule has 0 spiro atoms. The maximum absolute atomic E-state index is 12.3. The van der Waals surface area contributed by atoms with E-state index >= 15 is 0 Å². The Morgan fingerprint density at radius 1 is 1.30 bits per heavy atom. The average Bonchev–Trinajstić information content (AvgIpc) is 2.91. The minimum atomic E-state index is -0.210. The highest BCUT2D eigenvalue weighted by atomic mass is 16.3. The zero-order valence-electron chi connectivity index (χ0n) is 11.6.